The van der Waals surface area contributed by atoms with Crippen LogP contribution in [-0.2, 0) is 6.54 Å². The summed E-state index contributed by atoms with van der Waals surface area (Å²) in [6.07, 6.45) is 0. The van der Waals surface area contributed by atoms with Crippen LogP contribution in [0.3, 0.4) is 0 Å². The van der Waals surface area contributed by atoms with Crippen LogP contribution < -0.4 is 10.1 Å². The molecule has 3 nitrogen and oxygen atoms in total. The zero-order valence-electron chi connectivity index (χ0n) is 10.3. The molecule has 86 valence electrons. The molecule has 2 N–H and O–H groups in total. The first-order valence-corrected chi connectivity index (χ1v) is 5.48. The molecule has 1 heterocycles. The Morgan fingerprint density at radius 1 is 1.31 bits per heavy atom. The average molecular weight is 218 g/mol. The zero-order chi connectivity index (χ0) is 11.7. The smallest absolute Gasteiger partial charge is 0.142 e. The van der Waals surface area contributed by atoms with Gasteiger partial charge in [0, 0.05) is 17.6 Å². The number of rotatable bonds is 3. The number of hydrogen-bond donors (Lipinski definition) is 2. The molecule has 0 bridgehead atoms. The highest BCUT2D eigenvalue weighted by atomic mass is 16.5. The van der Waals surface area contributed by atoms with Crippen LogP contribution in [-0.4, -0.2) is 19.1 Å². The number of aryl methyl sites for hydroxylation is 2. The largest absolute Gasteiger partial charge is 0.495 e. The van der Waals surface area contributed by atoms with E-state index in [4.69, 9.17) is 4.74 Å². The van der Waals surface area contributed by atoms with Gasteiger partial charge in [-0.25, -0.2) is 0 Å². The normalized spacial score (nSPS) is 11.0. The van der Waals surface area contributed by atoms with Crippen LogP contribution in [0, 0.1) is 13.8 Å². The van der Waals surface area contributed by atoms with Crippen molar-refractivity contribution < 1.29 is 4.74 Å². The van der Waals surface area contributed by atoms with E-state index in [0.29, 0.717) is 0 Å². The molecule has 3 heteroatoms. The first kappa shape index (κ1) is 11.0. The molecule has 0 saturated heterocycles. The number of methoxy groups -OCH3 is 1. The maximum atomic E-state index is 5.38. The van der Waals surface area contributed by atoms with E-state index in [2.05, 4.69) is 30.2 Å². The van der Waals surface area contributed by atoms with Crippen molar-refractivity contribution in [3.8, 4) is 5.75 Å². The molecule has 2 aromatic rings. The molecule has 0 radical (unpaired) electrons. The summed E-state index contributed by atoms with van der Waals surface area (Å²) in [7, 11) is 3.67. The second-order valence-electron chi connectivity index (χ2n) is 4.09. The van der Waals surface area contributed by atoms with Gasteiger partial charge in [0.15, 0.2) is 0 Å². The summed E-state index contributed by atoms with van der Waals surface area (Å²) in [5.74, 6) is 0.908. The van der Waals surface area contributed by atoms with Crippen molar-refractivity contribution in [2.24, 2.45) is 0 Å². The van der Waals surface area contributed by atoms with Crippen molar-refractivity contribution in [1.82, 2.24) is 10.3 Å². The first-order chi connectivity index (χ1) is 7.69. The Kier molecular flexibility index (Phi) is 2.88. The van der Waals surface area contributed by atoms with Crippen LogP contribution in [0.4, 0.5) is 0 Å². The van der Waals surface area contributed by atoms with Gasteiger partial charge in [0.25, 0.3) is 0 Å². The minimum Gasteiger partial charge on any atom is -0.495 e. The SMILES string of the molecule is CNCc1c(C)[nH]c2c(OC)ccc(C)c12. The Morgan fingerprint density at radius 3 is 2.69 bits per heavy atom. The lowest BCUT2D eigenvalue weighted by molar-refractivity contribution is 0.419. The Bertz CT molecular complexity index is 514. The van der Waals surface area contributed by atoms with Crippen molar-refractivity contribution >= 4 is 10.9 Å². The van der Waals surface area contributed by atoms with Crippen LogP contribution in [0.15, 0.2) is 12.1 Å². The van der Waals surface area contributed by atoms with Gasteiger partial charge in [0.2, 0.25) is 0 Å². The van der Waals surface area contributed by atoms with Crippen molar-refractivity contribution in [3.05, 3.63) is 29.0 Å². The average Bonchev–Trinajstić information content (AvgIpc) is 2.58. The number of aromatic amines is 1. The van der Waals surface area contributed by atoms with E-state index in [1.807, 2.05) is 13.1 Å². The Morgan fingerprint density at radius 2 is 2.06 bits per heavy atom. The van der Waals surface area contributed by atoms with Crippen molar-refractivity contribution in [2.45, 2.75) is 20.4 Å². The van der Waals surface area contributed by atoms with Crippen LogP contribution in [0.1, 0.15) is 16.8 Å². The van der Waals surface area contributed by atoms with Gasteiger partial charge < -0.3 is 15.0 Å². The molecule has 0 aliphatic heterocycles. The maximum Gasteiger partial charge on any atom is 0.142 e. The summed E-state index contributed by atoms with van der Waals surface area (Å²) < 4.78 is 5.38. The van der Waals surface area contributed by atoms with Crippen LogP contribution in [0.2, 0.25) is 0 Å². The lowest BCUT2D eigenvalue weighted by Gasteiger charge is -2.05. The molecule has 0 aliphatic rings. The summed E-state index contributed by atoms with van der Waals surface area (Å²) in [5.41, 5.74) is 4.92. The van der Waals surface area contributed by atoms with Gasteiger partial charge in [-0.1, -0.05) is 6.07 Å². The predicted octanol–water partition coefficient (Wildman–Crippen LogP) is 2.51. The second-order valence-corrected chi connectivity index (χ2v) is 4.09. The molecule has 0 unspecified atom stereocenters. The molecule has 2 rings (SSSR count). The number of H-pyrrole nitrogens is 1. The van der Waals surface area contributed by atoms with Crippen LogP contribution in [0.5, 0.6) is 5.75 Å². The third kappa shape index (κ3) is 1.57. The number of aromatic nitrogens is 1. The molecule has 0 aliphatic carbocycles. The van der Waals surface area contributed by atoms with Gasteiger partial charge in [-0.2, -0.15) is 0 Å². The lowest BCUT2D eigenvalue weighted by Crippen LogP contribution is -2.05. The third-order valence-electron chi connectivity index (χ3n) is 3.02. The Labute approximate surface area is 95.8 Å². The molecule has 1 aromatic heterocycles. The minimum absolute atomic E-state index is 0.875. The lowest BCUT2D eigenvalue weighted by atomic mass is 10.1. The fourth-order valence-corrected chi connectivity index (χ4v) is 2.22. The summed E-state index contributed by atoms with van der Waals surface area (Å²) in [5, 5.41) is 4.49. The molecule has 0 fully saturated rings. The van der Waals surface area contributed by atoms with E-state index in [-0.39, 0.29) is 0 Å². The highest BCUT2D eigenvalue weighted by Crippen LogP contribution is 2.32. The molecule has 0 spiro atoms. The second kappa shape index (κ2) is 4.18. The first-order valence-electron chi connectivity index (χ1n) is 5.48. The fraction of sp³-hybridized carbons (Fsp3) is 0.385. The topological polar surface area (TPSA) is 37.0 Å². The Balaban J connectivity index is 2.76. The van der Waals surface area contributed by atoms with Crippen LogP contribution in [0.25, 0.3) is 10.9 Å². The quantitative estimate of drug-likeness (QED) is 0.830. The van der Waals surface area contributed by atoms with Gasteiger partial charge in [-0.05, 0) is 38.1 Å². The van der Waals surface area contributed by atoms with Gasteiger partial charge in [-0.15, -0.1) is 0 Å². The van der Waals surface area contributed by atoms with E-state index in [1.165, 1.54) is 22.2 Å². The highest BCUT2D eigenvalue weighted by Gasteiger charge is 2.13. The molecule has 0 atom stereocenters. The fourth-order valence-electron chi connectivity index (χ4n) is 2.22. The van der Waals surface area contributed by atoms with Gasteiger partial charge >= 0.3 is 0 Å². The third-order valence-corrected chi connectivity index (χ3v) is 3.02. The van der Waals surface area contributed by atoms with Gasteiger partial charge in [-0.3, -0.25) is 0 Å². The number of hydrogen-bond acceptors (Lipinski definition) is 2. The molecular formula is C13H18N2O. The number of nitrogens with one attached hydrogen (secondary N) is 2. The monoisotopic (exact) mass is 218 g/mol. The highest BCUT2D eigenvalue weighted by molar-refractivity contribution is 5.92. The van der Waals surface area contributed by atoms with E-state index < -0.39 is 0 Å². The van der Waals surface area contributed by atoms with Crippen molar-refractivity contribution in [3.63, 3.8) is 0 Å². The summed E-state index contributed by atoms with van der Waals surface area (Å²) in [4.78, 5) is 3.41. The summed E-state index contributed by atoms with van der Waals surface area (Å²) in [6.45, 7) is 5.11. The molecular weight excluding hydrogens is 200 g/mol. The number of fused-ring (bicyclic) bond motifs is 1. The van der Waals surface area contributed by atoms with Crippen LogP contribution >= 0.6 is 0 Å². The van der Waals surface area contributed by atoms with Gasteiger partial charge in [0.1, 0.15) is 5.75 Å². The Hall–Kier alpha value is -1.48. The van der Waals surface area contributed by atoms with Gasteiger partial charge in [0.05, 0.1) is 12.6 Å². The van der Waals surface area contributed by atoms with Crippen molar-refractivity contribution in [2.75, 3.05) is 14.2 Å². The maximum absolute atomic E-state index is 5.38. The zero-order valence-corrected chi connectivity index (χ0v) is 10.3. The molecule has 0 saturated carbocycles. The molecule has 0 amide bonds. The summed E-state index contributed by atoms with van der Waals surface area (Å²) in [6, 6.07) is 4.12. The van der Waals surface area contributed by atoms with E-state index in [1.54, 1.807) is 7.11 Å². The minimum atomic E-state index is 0.875. The number of ether oxygens (including phenoxy) is 1. The van der Waals surface area contributed by atoms with E-state index >= 15 is 0 Å². The molecule has 16 heavy (non-hydrogen) atoms. The van der Waals surface area contributed by atoms with E-state index in [0.717, 1.165) is 17.8 Å². The summed E-state index contributed by atoms with van der Waals surface area (Å²) >= 11 is 0. The molecule has 1 aromatic carbocycles. The standard InChI is InChI=1S/C13H18N2O/c1-8-5-6-11(16-4)13-12(8)10(7-14-3)9(2)15-13/h5-6,14-15H,7H2,1-4H3. The van der Waals surface area contributed by atoms with Crippen molar-refractivity contribution in [1.29, 1.82) is 0 Å². The predicted molar refractivity (Wildman–Crippen MR) is 67.1 cm³/mol. The van der Waals surface area contributed by atoms with E-state index in [9.17, 15) is 0 Å². The number of benzene rings is 1.